The van der Waals surface area contributed by atoms with E-state index in [1.807, 2.05) is 30.3 Å². The number of amides is 2. The van der Waals surface area contributed by atoms with Gasteiger partial charge < -0.3 is 19.8 Å². The van der Waals surface area contributed by atoms with Crippen LogP contribution < -0.4 is 10.5 Å². The summed E-state index contributed by atoms with van der Waals surface area (Å²) >= 11 is 0. The predicted octanol–water partition coefficient (Wildman–Crippen LogP) is 4.12. The zero-order valence-corrected chi connectivity index (χ0v) is 17.0. The van der Waals surface area contributed by atoms with Crippen LogP contribution in [0, 0.1) is 0 Å². The SMILES string of the molecule is C=CC(=O)N1CCCC(c2nc(-c3ccc(Oc4ccccc4)cc3)c(C(N)=O)o2)C1. The minimum Gasteiger partial charge on any atom is -0.457 e. The van der Waals surface area contributed by atoms with E-state index < -0.39 is 5.91 Å². The van der Waals surface area contributed by atoms with Gasteiger partial charge in [-0.05, 0) is 55.3 Å². The van der Waals surface area contributed by atoms with Crippen LogP contribution in [-0.4, -0.2) is 34.8 Å². The molecule has 4 rings (SSSR count). The highest BCUT2D eigenvalue weighted by Crippen LogP contribution is 2.33. The molecule has 1 aromatic heterocycles. The average molecular weight is 417 g/mol. The quantitative estimate of drug-likeness (QED) is 0.608. The number of nitrogens with zero attached hydrogens (tertiary/aromatic N) is 2. The van der Waals surface area contributed by atoms with Gasteiger partial charge in [-0.25, -0.2) is 4.98 Å². The fourth-order valence-electron chi connectivity index (χ4n) is 3.69. The number of primary amides is 1. The number of nitrogens with two attached hydrogens (primary N) is 1. The second-order valence-corrected chi connectivity index (χ2v) is 7.36. The lowest BCUT2D eigenvalue weighted by atomic mass is 9.98. The van der Waals surface area contributed by atoms with E-state index in [1.54, 1.807) is 29.2 Å². The van der Waals surface area contributed by atoms with Gasteiger partial charge in [-0.3, -0.25) is 9.59 Å². The second-order valence-electron chi connectivity index (χ2n) is 7.36. The van der Waals surface area contributed by atoms with Gasteiger partial charge in [-0.2, -0.15) is 0 Å². The number of oxazole rings is 1. The molecule has 1 atom stereocenters. The van der Waals surface area contributed by atoms with E-state index in [-0.39, 0.29) is 17.6 Å². The van der Waals surface area contributed by atoms with Gasteiger partial charge >= 0.3 is 0 Å². The summed E-state index contributed by atoms with van der Waals surface area (Å²) in [5.74, 6) is 0.894. The summed E-state index contributed by atoms with van der Waals surface area (Å²) in [7, 11) is 0. The van der Waals surface area contributed by atoms with Crippen LogP contribution in [0.4, 0.5) is 0 Å². The van der Waals surface area contributed by atoms with Crippen molar-refractivity contribution >= 4 is 11.8 Å². The minimum atomic E-state index is -0.687. The van der Waals surface area contributed by atoms with E-state index in [9.17, 15) is 9.59 Å². The van der Waals surface area contributed by atoms with Crippen molar-refractivity contribution in [1.82, 2.24) is 9.88 Å². The van der Waals surface area contributed by atoms with E-state index in [1.165, 1.54) is 6.08 Å². The maximum absolute atomic E-state index is 12.0. The van der Waals surface area contributed by atoms with Crippen molar-refractivity contribution in [3.63, 3.8) is 0 Å². The maximum atomic E-state index is 12.0. The predicted molar refractivity (Wildman–Crippen MR) is 116 cm³/mol. The topological polar surface area (TPSA) is 98.7 Å². The number of para-hydroxylation sites is 1. The molecule has 0 bridgehead atoms. The summed E-state index contributed by atoms with van der Waals surface area (Å²) in [6.07, 6.45) is 2.93. The van der Waals surface area contributed by atoms with Crippen molar-refractivity contribution in [3.8, 4) is 22.8 Å². The van der Waals surface area contributed by atoms with Gasteiger partial charge in [0.25, 0.3) is 5.91 Å². The number of aromatic nitrogens is 1. The number of ether oxygens (including phenoxy) is 1. The number of benzene rings is 2. The molecule has 7 nitrogen and oxygen atoms in total. The van der Waals surface area contributed by atoms with E-state index in [2.05, 4.69) is 11.6 Å². The molecule has 2 amide bonds. The van der Waals surface area contributed by atoms with Gasteiger partial charge in [0.15, 0.2) is 0 Å². The zero-order chi connectivity index (χ0) is 21.8. The van der Waals surface area contributed by atoms with Crippen molar-refractivity contribution in [2.75, 3.05) is 13.1 Å². The molecule has 1 aliphatic rings. The fourth-order valence-corrected chi connectivity index (χ4v) is 3.69. The van der Waals surface area contributed by atoms with Crippen molar-refractivity contribution in [3.05, 3.63) is 78.9 Å². The summed E-state index contributed by atoms with van der Waals surface area (Å²) in [5, 5.41) is 0. The molecule has 0 aliphatic carbocycles. The highest BCUT2D eigenvalue weighted by Gasteiger charge is 2.29. The Labute approximate surface area is 180 Å². The number of hydrogen-bond acceptors (Lipinski definition) is 5. The lowest BCUT2D eigenvalue weighted by molar-refractivity contribution is -0.127. The molecule has 2 heterocycles. The van der Waals surface area contributed by atoms with E-state index >= 15 is 0 Å². The van der Waals surface area contributed by atoms with E-state index in [4.69, 9.17) is 14.9 Å². The number of rotatable bonds is 6. The zero-order valence-electron chi connectivity index (χ0n) is 17.0. The molecule has 0 spiro atoms. The van der Waals surface area contributed by atoms with Crippen LogP contribution in [0.15, 0.2) is 71.7 Å². The highest BCUT2D eigenvalue weighted by molar-refractivity contribution is 5.96. The number of likely N-dealkylation sites (tertiary alicyclic amines) is 1. The number of carbonyl (C=O) groups is 2. The van der Waals surface area contributed by atoms with Crippen LogP contribution in [0.1, 0.15) is 35.2 Å². The Balaban J connectivity index is 1.58. The lowest BCUT2D eigenvalue weighted by Gasteiger charge is -2.30. The first kappa shape index (κ1) is 20.4. The molecule has 2 aromatic carbocycles. The van der Waals surface area contributed by atoms with Crippen LogP contribution in [0.3, 0.4) is 0 Å². The normalized spacial score (nSPS) is 16.0. The van der Waals surface area contributed by atoms with Gasteiger partial charge in [0.1, 0.15) is 17.2 Å². The van der Waals surface area contributed by atoms with Crippen LogP contribution >= 0.6 is 0 Å². The molecule has 1 fully saturated rings. The Morgan fingerprint density at radius 2 is 1.84 bits per heavy atom. The minimum absolute atomic E-state index is 0.0129. The number of hydrogen-bond donors (Lipinski definition) is 1. The lowest BCUT2D eigenvalue weighted by Crippen LogP contribution is -2.38. The fraction of sp³-hybridized carbons (Fsp3) is 0.208. The molecule has 1 aliphatic heterocycles. The molecule has 158 valence electrons. The molecule has 1 unspecified atom stereocenters. The molecule has 31 heavy (non-hydrogen) atoms. The Kier molecular flexibility index (Phi) is 5.84. The van der Waals surface area contributed by atoms with Crippen molar-refractivity contribution in [1.29, 1.82) is 0 Å². The monoisotopic (exact) mass is 417 g/mol. The third-order valence-electron chi connectivity index (χ3n) is 5.23. The smallest absolute Gasteiger partial charge is 0.286 e. The summed E-state index contributed by atoms with van der Waals surface area (Å²) in [5.41, 5.74) is 6.63. The van der Waals surface area contributed by atoms with Gasteiger partial charge in [0.05, 0.1) is 5.92 Å². The Hall–Kier alpha value is -3.87. The highest BCUT2D eigenvalue weighted by atomic mass is 16.5. The second kappa shape index (κ2) is 8.87. The van der Waals surface area contributed by atoms with Gasteiger partial charge in [0, 0.05) is 18.7 Å². The van der Waals surface area contributed by atoms with Gasteiger partial charge in [-0.15, -0.1) is 0 Å². The first-order valence-corrected chi connectivity index (χ1v) is 10.1. The third-order valence-corrected chi connectivity index (χ3v) is 5.23. The van der Waals surface area contributed by atoms with Crippen molar-refractivity contribution in [2.45, 2.75) is 18.8 Å². The van der Waals surface area contributed by atoms with Gasteiger partial charge in [0.2, 0.25) is 17.6 Å². The Morgan fingerprint density at radius 1 is 1.13 bits per heavy atom. The molecular weight excluding hydrogens is 394 g/mol. The average Bonchev–Trinajstić information content (AvgIpc) is 3.26. The molecule has 3 aromatic rings. The first-order valence-electron chi connectivity index (χ1n) is 10.1. The largest absolute Gasteiger partial charge is 0.457 e. The van der Waals surface area contributed by atoms with E-state index in [0.717, 1.165) is 18.6 Å². The van der Waals surface area contributed by atoms with Crippen LogP contribution in [0.2, 0.25) is 0 Å². The van der Waals surface area contributed by atoms with Crippen LogP contribution in [0.5, 0.6) is 11.5 Å². The Bertz CT molecular complexity index is 1090. The summed E-state index contributed by atoms with van der Waals surface area (Å²) in [6, 6.07) is 16.7. The summed E-state index contributed by atoms with van der Waals surface area (Å²) in [6.45, 7) is 4.68. The summed E-state index contributed by atoms with van der Waals surface area (Å²) < 4.78 is 11.6. The Morgan fingerprint density at radius 3 is 2.52 bits per heavy atom. The van der Waals surface area contributed by atoms with Crippen molar-refractivity contribution < 1.29 is 18.7 Å². The molecule has 7 heteroatoms. The molecule has 1 saturated heterocycles. The van der Waals surface area contributed by atoms with Crippen LogP contribution in [-0.2, 0) is 4.79 Å². The van der Waals surface area contributed by atoms with Crippen LogP contribution in [0.25, 0.3) is 11.3 Å². The van der Waals surface area contributed by atoms with Gasteiger partial charge in [-0.1, -0.05) is 24.8 Å². The molecule has 2 N–H and O–H groups in total. The molecular formula is C24H23N3O4. The molecule has 0 radical (unpaired) electrons. The van der Waals surface area contributed by atoms with E-state index in [0.29, 0.717) is 36.0 Å². The number of carbonyl (C=O) groups excluding carboxylic acids is 2. The van der Waals surface area contributed by atoms with Crippen molar-refractivity contribution in [2.24, 2.45) is 5.73 Å². The third kappa shape index (κ3) is 4.50. The summed E-state index contributed by atoms with van der Waals surface area (Å²) in [4.78, 5) is 30.3. The number of piperidine rings is 1. The first-order chi connectivity index (χ1) is 15.0. The molecule has 0 saturated carbocycles. The maximum Gasteiger partial charge on any atom is 0.286 e. The standard InChI is InChI=1S/C24H23N3O4/c1-2-20(28)27-14-6-7-17(15-27)24-26-21(22(31-24)23(25)29)16-10-12-19(13-11-16)30-18-8-4-3-5-9-18/h2-5,8-13,17H,1,6-7,14-15H2,(H2,25,29).